The highest BCUT2D eigenvalue weighted by atomic mass is 35.5. The van der Waals surface area contributed by atoms with E-state index in [2.05, 4.69) is 12.1 Å². The first-order valence-electron chi connectivity index (χ1n) is 19.1. The van der Waals surface area contributed by atoms with E-state index in [1.54, 1.807) is 22.7 Å². The summed E-state index contributed by atoms with van der Waals surface area (Å²) in [5.41, 5.74) is 3.90. The van der Waals surface area contributed by atoms with Crippen LogP contribution in [0.5, 0.6) is 23.0 Å². The molecule has 0 aliphatic carbocycles. The number of oxazole rings is 2. The van der Waals surface area contributed by atoms with E-state index in [4.69, 9.17) is 49.0 Å². The Morgan fingerprint density at radius 3 is 1.48 bits per heavy atom. The molecule has 11 rings (SSSR count). The fraction of sp³-hybridized carbons (Fsp3) is 0.0667. The predicted molar refractivity (Wildman–Crippen MR) is 226 cm³/mol. The zero-order chi connectivity index (χ0) is 40.6. The van der Waals surface area contributed by atoms with Crippen molar-refractivity contribution in [3.05, 3.63) is 155 Å². The summed E-state index contributed by atoms with van der Waals surface area (Å²) in [7, 11) is -2.29. The minimum absolute atomic E-state index is 0.0637. The number of rotatable bonds is 6. The third-order valence-electron chi connectivity index (χ3n) is 10.6. The molecule has 0 unspecified atom stereocenters. The van der Waals surface area contributed by atoms with Gasteiger partial charge in [0, 0.05) is 27.1 Å². The molecule has 0 spiro atoms. The van der Waals surface area contributed by atoms with Gasteiger partial charge in [-0.15, -0.1) is 0 Å². The van der Waals surface area contributed by atoms with Crippen LogP contribution in [0.4, 0.5) is 0 Å². The summed E-state index contributed by atoms with van der Waals surface area (Å²) in [6.07, 6.45) is 0. The van der Waals surface area contributed by atoms with Gasteiger partial charge in [0.2, 0.25) is 11.8 Å². The Morgan fingerprint density at radius 1 is 0.583 bits per heavy atom. The van der Waals surface area contributed by atoms with Gasteiger partial charge in [0.25, 0.3) is 0 Å². The van der Waals surface area contributed by atoms with Crippen molar-refractivity contribution >= 4 is 70.2 Å². The number of hydrogen-bond donors (Lipinski definition) is 0. The average Bonchev–Trinajstić information content (AvgIpc) is 4.12. The van der Waals surface area contributed by atoms with Gasteiger partial charge >= 0.3 is 14.5 Å². The van der Waals surface area contributed by atoms with Crippen molar-refractivity contribution in [1.82, 2.24) is 18.9 Å². The number of fused-ring (bicyclic) bond motifs is 5. The molecular formula is C45H27B2ClN6O6. The third kappa shape index (κ3) is 5.32. The fourth-order valence-electron chi connectivity index (χ4n) is 8.18. The summed E-state index contributed by atoms with van der Waals surface area (Å²) in [6, 6.07) is 41.5. The molecule has 2 aliphatic rings. The molecule has 0 bridgehead atoms. The number of para-hydroxylation sites is 8. The Bertz CT molecular complexity index is 3250. The topological polar surface area (TPSA) is 146 Å². The molecule has 15 heteroatoms. The standard InChI is InChI=1S/C45H27B2ClN6O6/c1-25(2)40-38-39(43(53(40)46-57-34-19-9-10-20-35(34)58-46)28(24-50)45-52-31-16-6-8-18-33(31)56-45)41(26-13-3-4-14-29(26)48)54(47-59-36-21-11-12-22-37(36)60-47)42(38)27(23-49)44-51-30-15-5-7-17-32(30)55-44/h3-22,25H,1-2H3/b42-27-,43-28-. The Labute approximate surface area is 346 Å². The van der Waals surface area contributed by atoms with Crippen molar-refractivity contribution in [2.75, 3.05) is 0 Å². The number of nitriles is 2. The van der Waals surface area contributed by atoms with Gasteiger partial charge in [-0.05, 0) is 60.5 Å². The molecule has 0 saturated heterocycles. The molecule has 0 saturated carbocycles. The molecule has 9 aromatic rings. The highest BCUT2D eigenvalue weighted by Crippen LogP contribution is 2.41. The molecule has 0 atom stereocenters. The first kappa shape index (κ1) is 35.4. The van der Waals surface area contributed by atoms with E-state index in [-0.39, 0.29) is 28.8 Å². The van der Waals surface area contributed by atoms with E-state index in [1.807, 2.05) is 121 Å². The molecule has 4 aromatic heterocycles. The highest BCUT2D eigenvalue weighted by Gasteiger charge is 2.45. The normalized spacial score (nSPS) is 14.0. The van der Waals surface area contributed by atoms with Crippen molar-refractivity contribution in [2.45, 2.75) is 19.8 Å². The Hall–Kier alpha value is -7.80. The quantitative estimate of drug-likeness (QED) is 0.151. The second kappa shape index (κ2) is 13.7. The van der Waals surface area contributed by atoms with Crippen LogP contribution in [-0.2, 0) is 0 Å². The van der Waals surface area contributed by atoms with Gasteiger partial charge in [-0.3, -0.25) is 0 Å². The van der Waals surface area contributed by atoms with Crippen LogP contribution in [0.2, 0.25) is 5.02 Å². The van der Waals surface area contributed by atoms with Gasteiger partial charge in [-0.25, -0.2) is 9.97 Å². The van der Waals surface area contributed by atoms with Crippen molar-refractivity contribution in [1.29, 1.82) is 10.5 Å². The lowest BCUT2D eigenvalue weighted by Gasteiger charge is -2.17. The molecule has 0 amide bonds. The molecule has 5 aromatic carbocycles. The minimum atomic E-state index is -1.18. The Kier molecular flexibility index (Phi) is 8.05. The van der Waals surface area contributed by atoms with Crippen LogP contribution in [0.25, 0.3) is 55.4 Å². The number of hydrogen-bond acceptors (Lipinski definition) is 10. The van der Waals surface area contributed by atoms with Crippen molar-refractivity contribution in [3.8, 4) is 46.4 Å². The lowest BCUT2D eigenvalue weighted by atomic mass is 10.0. The van der Waals surface area contributed by atoms with Gasteiger partial charge in [-0.2, -0.15) is 10.5 Å². The van der Waals surface area contributed by atoms with Gasteiger partial charge in [-0.1, -0.05) is 92.2 Å². The van der Waals surface area contributed by atoms with Gasteiger partial charge < -0.3 is 36.4 Å². The second-order valence-corrected chi connectivity index (χ2v) is 14.9. The molecule has 286 valence electrons. The monoisotopic (exact) mass is 804 g/mol. The zero-order valence-electron chi connectivity index (χ0n) is 31.8. The lowest BCUT2D eigenvalue weighted by molar-refractivity contribution is 0.473. The summed E-state index contributed by atoms with van der Waals surface area (Å²) in [5.74, 6) is 1.84. The molecular weight excluding hydrogens is 778 g/mol. The minimum Gasteiger partial charge on any atom is -0.503 e. The summed E-state index contributed by atoms with van der Waals surface area (Å²) < 4.78 is 42.8. The molecule has 12 nitrogen and oxygen atoms in total. The third-order valence-corrected chi connectivity index (χ3v) is 10.9. The largest absolute Gasteiger partial charge is 0.743 e. The summed E-state index contributed by atoms with van der Waals surface area (Å²) >= 11 is 7.20. The summed E-state index contributed by atoms with van der Waals surface area (Å²) in [4.78, 5) is 9.64. The number of aromatic nitrogens is 4. The van der Waals surface area contributed by atoms with Gasteiger partial charge in [0.05, 0.1) is 16.4 Å². The molecule has 2 aliphatic heterocycles. The molecule has 0 N–H and O–H groups in total. The van der Waals surface area contributed by atoms with E-state index in [1.165, 1.54) is 0 Å². The Balaban J connectivity index is 1.40. The number of benzene rings is 5. The number of halogens is 1. The smallest absolute Gasteiger partial charge is 0.503 e. The van der Waals surface area contributed by atoms with E-state index < -0.39 is 14.5 Å². The Morgan fingerprint density at radius 2 is 1.02 bits per heavy atom. The van der Waals surface area contributed by atoms with Gasteiger partial charge in [0.15, 0.2) is 11.2 Å². The maximum absolute atomic E-state index is 11.4. The average molecular weight is 805 g/mol. The maximum atomic E-state index is 11.4. The first-order chi connectivity index (χ1) is 29.4. The van der Waals surface area contributed by atoms with E-state index in [9.17, 15) is 10.5 Å². The summed E-state index contributed by atoms with van der Waals surface area (Å²) in [6.45, 7) is 4.03. The van der Waals surface area contributed by atoms with Crippen LogP contribution in [-0.4, -0.2) is 33.4 Å². The molecule has 60 heavy (non-hydrogen) atoms. The van der Waals surface area contributed by atoms with Crippen molar-refractivity contribution < 1.29 is 27.5 Å². The van der Waals surface area contributed by atoms with E-state index >= 15 is 0 Å². The van der Waals surface area contributed by atoms with E-state index in [0.29, 0.717) is 88.6 Å². The molecule has 0 radical (unpaired) electrons. The second-order valence-electron chi connectivity index (χ2n) is 14.5. The van der Waals surface area contributed by atoms with Gasteiger partial charge in [0.1, 0.15) is 57.3 Å². The predicted octanol–water partition coefficient (Wildman–Crippen LogP) is 8.22. The SMILES string of the molecule is CC(C)c1c2/c(=C(\C#N)c3nc4ccccc4o3)n(B3Oc4ccccc4O3)c(-c3ccccc3Cl)c2/c(=C(\C#N)c2nc3ccccc3o2)n1B1Oc2ccccc2O1. The molecule has 0 fully saturated rings. The molecule has 6 heterocycles. The van der Waals surface area contributed by atoms with Crippen LogP contribution in [0, 0.1) is 22.7 Å². The fourth-order valence-corrected chi connectivity index (χ4v) is 8.41. The van der Waals surface area contributed by atoms with Crippen molar-refractivity contribution in [3.63, 3.8) is 0 Å². The van der Waals surface area contributed by atoms with Crippen LogP contribution in [0.1, 0.15) is 37.2 Å². The lowest BCUT2D eigenvalue weighted by Crippen LogP contribution is -2.45. The van der Waals surface area contributed by atoms with Crippen LogP contribution >= 0.6 is 11.6 Å². The maximum Gasteiger partial charge on any atom is 0.743 e. The van der Waals surface area contributed by atoms with Crippen LogP contribution in [0.3, 0.4) is 0 Å². The number of nitrogens with zero attached hydrogens (tertiary/aromatic N) is 6. The van der Waals surface area contributed by atoms with Crippen LogP contribution < -0.4 is 29.3 Å². The van der Waals surface area contributed by atoms with Crippen molar-refractivity contribution in [2.24, 2.45) is 0 Å². The zero-order valence-corrected chi connectivity index (χ0v) is 32.5. The first-order valence-corrected chi connectivity index (χ1v) is 19.5. The summed E-state index contributed by atoms with van der Waals surface area (Å²) in [5, 5.41) is 24.9. The highest BCUT2D eigenvalue weighted by molar-refractivity contribution is 6.49. The van der Waals surface area contributed by atoms with Crippen LogP contribution in [0.15, 0.2) is 130 Å². The van der Waals surface area contributed by atoms with E-state index in [0.717, 1.165) is 0 Å².